The lowest BCUT2D eigenvalue weighted by atomic mass is 10.1. The third-order valence-corrected chi connectivity index (χ3v) is 3.78. The Morgan fingerprint density at radius 1 is 1.17 bits per heavy atom. The van der Waals surface area contributed by atoms with Gasteiger partial charge < -0.3 is 15.2 Å². The summed E-state index contributed by atoms with van der Waals surface area (Å²) in [6.07, 6.45) is 1.74. The molecule has 3 rings (SSSR count). The van der Waals surface area contributed by atoms with E-state index in [1.807, 2.05) is 18.2 Å². The molecule has 0 saturated carbocycles. The lowest BCUT2D eigenvalue weighted by molar-refractivity contribution is 0.274. The number of aromatic amines is 1. The van der Waals surface area contributed by atoms with Gasteiger partial charge in [-0.3, -0.25) is 5.10 Å². The summed E-state index contributed by atoms with van der Waals surface area (Å²) < 4.78 is 18.3. The van der Waals surface area contributed by atoms with Crippen LogP contribution in [0.3, 0.4) is 0 Å². The molecule has 0 aliphatic heterocycles. The number of halogens is 1. The summed E-state index contributed by atoms with van der Waals surface area (Å²) in [4.78, 5) is 0. The van der Waals surface area contributed by atoms with Crippen LogP contribution in [0.4, 0.5) is 10.1 Å². The smallest absolute Gasteiger partial charge is 0.124 e. The molecule has 0 unspecified atom stereocenters. The lowest BCUT2D eigenvalue weighted by Crippen LogP contribution is -2.01. The minimum absolute atomic E-state index is 0.0920. The van der Waals surface area contributed by atoms with Crippen LogP contribution in [0.1, 0.15) is 11.1 Å². The number of methoxy groups -OCH3 is 1. The van der Waals surface area contributed by atoms with Crippen LogP contribution >= 0.6 is 0 Å². The monoisotopic (exact) mass is 327 g/mol. The number of aromatic nitrogens is 2. The molecular weight excluding hydrogens is 309 g/mol. The Hall–Kier alpha value is -2.86. The molecule has 0 aliphatic carbocycles. The molecule has 1 heterocycles. The van der Waals surface area contributed by atoms with Gasteiger partial charge in [-0.25, -0.2) is 4.39 Å². The Morgan fingerprint density at radius 2 is 1.96 bits per heavy atom. The van der Waals surface area contributed by atoms with E-state index in [2.05, 4.69) is 15.5 Å². The summed E-state index contributed by atoms with van der Waals surface area (Å²) in [6.45, 7) is 0.450. The highest BCUT2D eigenvalue weighted by atomic mass is 19.1. The van der Waals surface area contributed by atoms with Crippen LogP contribution in [0.5, 0.6) is 5.75 Å². The van der Waals surface area contributed by atoms with E-state index in [0.29, 0.717) is 17.9 Å². The van der Waals surface area contributed by atoms with Crippen molar-refractivity contribution in [1.29, 1.82) is 0 Å². The maximum Gasteiger partial charge on any atom is 0.124 e. The summed E-state index contributed by atoms with van der Waals surface area (Å²) in [6, 6.07) is 11.8. The zero-order valence-electron chi connectivity index (χ0n) is 13.2. The van der Waals surface area contributed by atoms with Gasteiger partial charge in [-0.1, -0.05) is 0 Å². The van der Waals surface area contributed by atoms with E-state index in [9.17, 15) is 9.50 Å². The number of benzene rings is 2. The molecule has 0 amide bonds. The number of H-pyrrole nitrogens is 1. The molecule has 3 N–H and O–H groups in total. The van der Waals surface area contributed by atoms with Crippen LogP contribution < -0.4 is 10.1 Å². The number of aliphatic hydroxyl groups excluding tert-OH is 1. The fourth-order valence-corrected chi connectivity index (χ4v) is 2.52. The zero-order chi connectivity index (χ0) is 16.9. The molecular formula is C18H18FN3O2. The number of hydrogen-bond acceptors (Lipinski definition) is 4. The maximum atomic E-state index is 13.1. The van der Waals surface area contributed by atoms with E-state index < -0.39 is 0 Å². The number of ether oxygens (including phenoxy) is 1. The topological polar surface area (TPSA) is 70.2 Å². The van der Waals surface area contributed by atoms with Crippen molar-refractivity contribution in [2.75, 3.05) is 12.4 Å². The first kappa shape index (κ1) is 16.0. The van der Waals surface area contributed by atoms with E-state index in [1.165, 1.54) is 12.1 Å². The summed E-state index contributed by atoms with van der Waals surface area (Å²) >= 11 is 0. The summed E-state index contributed by atoms with van der Waals surface area (Å²) in [5.74, 6) is 0.381. The largest absolute Gasteiger partial charge is 0.496 e. The van der Waals surface area contributed by atoms with Gasteiger partial charge in [0.15, 0.2) is 0 Å². The Balaban J connectivity index is 1.76. The van der Waals surface area contributed by atoms with Crippen molar-refractivity contribution in [2.24, 2.45) is 0 Å². The molecule has 1 aromatic heterocycles. The Kier molecular flexibility index (Phi) is 4.77. The van der Waals surface area contributed by atoms with E-state index >= 15 is 0 Å². The summed E-state index contributed by atoms with van der Waals surface area (Å²) in [5, 5.41) is 19.7. The van der Waals surface area contributed by atoms with Crippen molar-refractivity contribution in [3.63, 3.8) is 0 Å². The van der Waals surface area contributed by atoms with E-state index in [1.54, 1.807) is 25.4 Å². The van der Waals surface area contributed by atoms with Gasteiger partial charge in [-0.2, -0.15) is 5.10 Å². The Labute approximate surface area is 139 Å². The second-order valence-corrected chi connectivity index (χ2v) is 5.32. The number of nitrogens with zero attached hydrogens (tertiary/aromatic N) is 1. The van der Waals surface area contributed by atoms with E-state index in [0.717, 1.165) is 22.5 Å². The molecule has 5 nitrogen and oxygen atoms in total. The number of anilines is 1. The highest BCUT2D eigenvalue weighted by Crippen LogP contribution is 2.25. The second kappa shape index (κ2) is 7.14. The van der Waals surface area contributed by atoms with Crippen molar-refractivity contribution >= 4 is 5.69 Å². The average molecular weight is 327 g/mol. The van der Waals surface area contributed by atoms with Gasteiger partial charge in [0.1, 0.15) is 11.6 Å². The predicted octanol–water partition coefficient (Wildman–Crippen LogP) is 3.33. The molecule has 3 aromatic rings. The SMILES string of the molecule is COc1ccc(NCc2cn[nH]c2-c2ccc(F)cc2)cc1CO. The van der Waals surface area contributed by atoms with Gasteiger partial charge in [0.25, 0.3) is 0 Å². The minimum Gasteiger partial charge on any atom is -0.496 e. The minimum atomic E-state index is -0.271. The van der Waals surface area contributed by atoms with Crippen molar-refractivity contribution < 1.29 is 14.2 Å². The number of aliphatic hydroxyl groups is 1. The van der Waals surface area contributed by atoms with Crippen LogP contribution in [-0.4, -0.2) is 22.4 Å². The molecule has 124 valence electrons. The number of rotatable bonds is 6. The van der Waals surface area contributed by atoms with Crippen molar-refractivity contribution in [3.05, 3.63) is 65.6 Å². The molecule has 0 spiro atoms. The first-order valence-corrected chi connectivity index (χ1v) is 7.51. The molecule has 0 radical (unpaired) electrons. The first-order valence-electron chi connectivity index (χ1n) is 7.51. The standard InChI is InChI=1S/C18H18FN3O2/c1-24-17-7-6-16(8-13(17)11-23)20-9-14-10-21-22-18(14)12-2-4-15(19)5-3-12/h2-8,10,20,23H,9,11H2,1H3,(H,21,22). The molecule has 6 heteroatoms. The molecule has 24 heavy (non-hydrogen) atoms. The van der Waals surface area contributed by atoms with Crippen LogP contribution in [0.2, 0.25) is 0 Å². The predicted molar refractivity (Wildman–Crippen MR) is 90.2 cm³/mol. The van der Waals surface area contributed by atoms with Gasteiger partial charge in [0, 0.05) is 28.9 Å². The molecule has 2 aromatic carbocycles. The van der Waals surface area contributed by atoms with E-state index in [-0.39, 0.29) is 12.4 Å². The second-order valence-electron chi connectivity index (χ2n) is 5.32. The van der Waals surface area contributed by atoms with Gasteiger partial charge >= 0.3 is 0 Å². The van der Waals surface area contributed by atoms with E-state index in [4.69, 9.17) is 4.74 Å². The highest BCUT2D eigenvalue weighted by Gasteiger charge is 2.09. The summed E-state index contributed by atoms with van der Waals surface area (Å²) in [5.41, 5.74) is 4.26. The fourth-order valence-electron chi connectivity index (χ4n) is 2.52. The lowest BCUT2D eigenvalue weighted by Gasteiger charge is -2.11. The zero-order valence-corrected chi connectivity index (χ0v) is 13.2. The number of hydrogen-bond donors (Lipinski definition) is 3. The Bertz CT molecular complexity index is 815. The molecule has 0 saturated heterocycles. The fraction of sp³-hybridized carbons (Fsp3) is 0.167. The summed E-state index contributed by atoms with van der Waals surface area (Å²) in [7, 11) is 1.57. The third kappa shape index (κ3) is 3.38. The first-order chi connectivity index (χ1) is 11.7. The van der Waals surface area contributed by atoms with Gasteiger partial charge in [-0.05, 0) is 42.5 Å². The van der Waals surface area contributed by atoms with Crippen LogP contribution in [0.15, 0.2) is 48.7 Å². The van der Waals surface area contributed by atoms with Crippen LogP contribution in [0, 0.1) is 5.82 Å². The van der Waals surface area contributed by atoms with Crippen molar-refractivity contribution in [3.8, 4) is 17.0 Å². The molecule has 0 aliphatic rings. The number of nitrogens with one attached hydrogen (secondary N) is 2. The molecule has 0 fully saturated rings. The van der Waals surface area contributed by atoms with Gasteiger partial charge in [0.2, 0.25) is 0 Å². The Morgan fingerprint density at radius 3 is 2.67 bits per heavy atom. The normalized spacial score (nSPS) is 10.6. The third-order valence-electron chi connectivity index (χ3n) is 3.78. The quantitative estimate of drug-likeness (QED) is 0.649. The van der Waals surface area contributed by atoms with Gasteiger partial charge in [-0.15, -0.1) is 0 Å². The van der Waals surface area contributed by atoms with Gasteiger partial charge in [0.05, 0.1) is 25.6 Å². The van der Waals surface area contributed by atoms with Crippen molar-refractivity contribution in [2.45, 2.75) is 13.2 Å². The average Bonchev–Trinajstić information content (AvgIpc) is 3.08. The highest BCUT2D eigenvalue weighted by molar-refractivity contribution is 5.63. The molecule has 0 atom stereocenters. The van der Waals surface area contributed by atoms with Crippen molar-refractivity contribution in [1.82, 2.24) is 10.2 Å². The van der Waals surface area contributed by atoms with Crippen LogP contribution in [-0.2, 0) is 13.2 Å². The molecule has 0 bridgehead atoms. The van der Waals surface area contributed by atoms with Crippen LogP contribution in [0.25, 0.3) is 11.3 Å². The maximum absolute atomic E-state index is 13.1.